The molecule has 32 heavy (non-hydrogen) atoms. The van der Waals surface area contributed by atoms with E-state index in [0.717, 1.165) is 30.4 Å². The molecule has 2 amide bonds. The van der Waals surface area contributed by atoms with E-state index in [0.29, 0.717) is 12.8 Å². The summed E-state index contributed by atoms with van der Waals surface area (Å²) in [5.74, 6) is -1.50. The number of carbonyl (C=O) groups is 2. The first kappa shape index (κ1) is 24.0. The van der Waals surface area contributed by atoms with Crippen LogP contribution in [0.5, 0.6) is 0 Å². The number of amides is 2. The maximum Gasteiger partial charge on any atom is 0.475 e. The zero-order valence-corrected chi connectivity index (χ0v) is 18.8. The third kappa shape index (κ3) is 6.44. The van der Waals surface area contributed by atoms with Crippen molar-refractivity contribution in [2.75, 3.05) is 0 Å². The van der Waals surface area contributed by atoms with Crippen molar-refractivity contribution in [2.24, 2.45) is 5.92 Å². The summed E-state index contributed by atoms with van der Waals surface area (Å²) in [5.41, 5.74) is 3.13. The van der Waals surface area contributed by atoms with Crippen molar-refractivity contribution in [3.63, 3.8) is 0 Å². The van der Waals surface area contributed by atoms with E-state index in [-0.39, 0.29) is 17.7 Å². The summed E-state index contributed by atoms with van der Waals surface area (Å²) in [6, 6.07) is 16.7. The normalized spacial score (nSPS) is 17.2. The van der Waals surface area contributed by atoms with Gasteiger partial charge in [-0.25, -0.2) is 0 Å². The van der Waals surface area contributed by atoms with Crippen molar-refractivity contribution in [2.45, 2.75) is 63.9 Å². The zero-order chi connectivity index (χ0) is 23.1. The minimum atomic E-state index is -1.67. The highest BCUT2D eigenvalue weighted by Crippen LogP contribution is 2.31. The molecule has 0 saturated carbocycles. The maximum absolute atomic E-state index is 13.3. The number of nitrogens with one attached hydrogen (secondary N) is 2. The van der Waals surface area contributed by atoms with Crippen LogP contribution in [0, 0.1) is 5.92 Å². The van der Waals surface area contributed by atoms with Crippen LogP contribution >= 0.6 is 0 Å². The molecule has 170 valence electrons. The predicted octanol–water partition coefficient (Wildman–Crippen LogP) is 2.38. The van der Waals surface area contributed by atoms with E-state index >= 15 is 0 Å². The summed E-state index contributed by atoms with van der Waals surface area (Å²) >= 11 is 0. The standard InChI is InChI=1S/C25H33BN2O4/c1-17(2)15-23(26(31)32)28-25(30)22(16-18-9-4-3-5-10-18)27-24(29)21-14-8-12-19-11-6-7-13-20(19)21/h3-7,9-11,13,17,21-23,31-32H,8,12,14-16H2,1-2H3,(H,27,29)(H,28,30)/t21?,22-,23-/m0/s1. The number of hydrogen-bond acceptors (Lipinski definition) is 4. The Balaban J connectivity index is 1.78. The first-order chi connectivity index (χ1) is 15.3. The Hall–Kier alpha value is -2.64. The lowest BCUT2D eigenvalue weighted by Gasteiger charge is -2.28. The quantitative estimate of drug-likeness (QED) is 0.454. The van der Waals surface area contributed by atoms with Gasteiger partial charge in [-0.15, -0.1) is 0 Å². The Bertz CT molecular complexity index is 904. The fraction of sp³-hybridized carbons (Fsp3) is 0.440. The Morgan fingerprint density at radius 2 is 1.72 bits per heavy atom. The van der Waals surface area contributed by atoms with Crippen molar-refractivity contribution in [3.05, 3.63) is 71.3 Å². The van der Waals surface area contributed by atoms with Gasteiger partial charge in [-0.3, -0.25) is 9.59 Å². The summed E-state index contributed by atoms with van der Waals surface area (Å²) in [7, 11) is -1.67. The van der Waals surface area contributed by atoms with E-state index in [4.69, 9.17) is 0 Å². The third-order valence-corrected chi connectivity index (χ3v) is 6.01. The SMILES string of the molecule is CC(C)C[C@H](NC(=O)[C@H](Cc1ccccc1)NC(=O)C1CCCc2ccccc21)B(O)O. The van der Waals surface area contributed by atoms with Crippen LogP contribution in [0.3, 0.4) is 0 Å². The molecule has 6 nitrogen and oxygen atoms in total. The highest BCUT2D eigenvalue weighted by atomic mass is 16.4. The highest BCUT2D eigenvalue weighted by molar-refractivity contribution is 6.43. The van der Waals surface area contributed by atoms with Gasteiger partial charge in [0, 0.05) is 6.42 Å². The van der Waals surface area contributed by atoms with Crippen molar-refractivity contribution < 1.29 is 19.6 Å². The largest absolute Gasteiger partial charge is 0.475 e. The lowest BCUT2D eigenvalue weighted by Crippen LogP contribution is -2.55. The van der Waals surface area contributed by atoms with Crippen LogP contribution in [0.25, 0.3) is 0 Å². The molecule has 0 saturated heterocycles. The van der Waals surface area contributed by atoms with E-state index in [2.05, 4.69) is 16.7 Å². The average molecular weight is 436 g/mol. The van der Waals surface area contributed by atoms with Crippen LogP contribution in [-0.4, -0.2) is 41.0 Å². The fourth-order valence-electron chi connectivity index (χ4n) is 4.40. The fourth-order valence-corrected chi connectivity index (χ4v) is 4.40. The molecule has 0 heterocycles. The van der Waals surface area contributed by atoms with Crippen LogP contribution in [-0.2, 0) is 22.4 Å². The maximum atomic E-state index is 13.3. The summed E-state index contributed by atoms with van der Waals surface area (Å²) in [6.07, 6.45) is 3.37. The van der Waals surface area contributed by atoms with Crippen molar-refractivity contribution in [1.29, 1.82) is 0 Å². The molecule has 0 aromatic heterocycles. The molecule has 2 aromatic rings. The molecule has 1 aliphatic carbocycles. The van der Waals surface area contributed by atoms with E-state index < -0.39 is 25.0 Å². The first-order valence-corrected chi connectivity index (χ1v) is 11.4. The van der Waals surface area contributed by atoms with Crippen LogP contribution in [0.2, 0.25) is 0 Å². The lowest BCUT2D eigenvalue weighted by atomic mass is 9.75. The van der Waals surface area contributed by atoms with Crippen molar-refractivity contribution in [3.8, 4) is 0 Å². The molecule has 1 unspecified atom stereocenters. The molecular weight excluding hydrogens is 403 g/mol. The molecule has 3 atom stereocenters. The first-order valence-electron chi connectivity index (χ1n) is 11.4. The monoisotopic (exact) mass is 436 g/mol. The van der Waals surface area contributed by atoms with E-state index in [1.165, 1.54) is 5.56 Å². The second-order valence-electron chi connectivity index (χ2n) is 9.05. The predicted molar refractivity (Wildman–Crippen MR) is 126 cm³/mol. The zero-order valence-electron chi connectivity index (χ0n) is 18.8. The topological polar surface area (TPSA) is 98.7 Å². The van der Waals surface area contributed by atoms with Gasteiger partial charge in [-0.05, 0) is 48.3 Å². The van der Waals surface area contributed by atoms with Gasteiger partial charge >= 0.3 is 7.12 Å². The molecule has 1 aliphatic rings. The Kier molecular flexibility index (Phi) is 8.48. The molecule has 0 spiro atoms. The molecule has 0 aliphatic heterocycles. The number of benzene rings is 2. The summed E-state index contributed by atoms with van der Waals surface area (Å²) < 4.78 is 0. The van der Waals surface area contributed by atoms with Crippen LogP contribution in [0.15, 0.2) is 54.6 Å². The van der Waals surface area contributed by atoms with Gasteiger partial charge in [0.1, 0.15) is 6.04 Å². The van der Waals surface area contributed by atoms with Gasteiger partial charge < -0.3 is 20.7 Å². The Morgan fingerprint density at radius 3 is 2.41 bits per heavy atom. The molecule has 2 aromatic carbocycles. The van der Waals surface area contributed by atoms with E-state index in [9.17, 15) is 19.6 Å². The molecule has 0 fully saturated rings. The number of hydrogen-bond donors (Lipinski definition) is 4. The van der Waals surface area contributed by atoms with Crippen LogP contribution in [0.4, 0.5) is 0 Å². The molecule has 4 N–H and O–H groups in total. The Labute approximate surface area is 190 Å². The Morgan fingerprint density at radius 1 is 1.03 bits per heavy atom. The van der Waals surface area contributed by atoms with Gasteiger partial charge in [-0.2, -0.15) is 0 Å². The number of carbonyl (C=O) groups excluding carboxylic acids is 2. The lowest BCUT2D eigenvalue weighted by molar-refractivity contribution is -0.130. The third-order valence-electron chi connectivity index (χ3n) is 6.01. The average Bonchev–Trinajstić information content (AvgIpc) is 2.78. The summed E-state index contributed by atoms with van der Waals surface area (Å²) in [6.45, 7) is 3.90. The molecule has 0 bridgehead atoms. The summed E-state index contributed by atoms with van der Waals surface area (Å²) in [5, 5.41) is 25.2. The van der Waals surface area contributed by atoms with Crippen molar-refractivity contribution >= 4 is 18.9 Å². The second-order valence-corrected chi connectivity index (χ2v) is 9.05. The van der Waals surface area contributed by atoms with Gasteiger partial charge in [0.15, 0.2) is 0 Å². The molecule has 0 radical (unpaired) electrons. The van der Waals surface area contributed by atoms with Crippen LogP contribution in [0.1, 0.15) is 55.7 Å². The molecule has 7 heteroatoms. The summed E-state index contributed by atoms with van der Waals surface area (Å²) in [4.78, 5) is 26.4. The number of aryl methyl sites for hydroxylation is 1. The van der Waals surface area contributed by atoms with Gasteiger partial charge in [0.05, 0.1) is 11.9 Å². The molecule has 3 rings (SSSR count). The van der Waals surface area contributed by atoms with Gasteiger partial charge in [-0.1, -0.05) is 68.4 Å². The highest BCUT2D eigenvalue weighted by Gasteiger charge is 2.32. The second kappa shape index (κ2) is 11.3. The van der Waals surface area contributed by atoms with Crippen LogP contribution < -0.4 is 10.6 Å². The smallest absolute Gasteiger partial charge is 0.426 e. The number of rotatable bonds is 9. The number of fused-ring (bicyclic) bond motifs is 1. The van der Waals surface area contributed by atoms with Crippen molar-refractivity contribution in [1.82, 2.24) is 10.6 Å². The van der Waals surface area contributed by atoms with Gasteiger partial charge in [0.25, 0.3) is 0 Å². The van der Waals surface area contributed by atoms with Gasteiger partial charge in [0.2, 0.25) is 11.8 Å². The van der Waals surface area contributed by atoms with E-state index in [1.54, 1.807) is 0 Å². The minimum absolute atomic E-state index is 0.168. The minimum Gasteiger partial charge on any atom is -0.426 e. The molecular formula is C25H33BN2O4. The van der Waals surface area contributed by atoms with E-state index in [1.807, 2.05) is 62.4 Å².